The third kappa shape index (κ3) is 9.76. The number of nitrogens with two attached hydrogens (primary N) is 1. The Morgan fingerprint density at radius 3 is 2.14 bits per heavy atom. The number of nitrogen functional groups attached to an aromatic ring is 1. The first-order valence-electron chi connectivity index (χ1n) is 8.47. The number of hydrogen-bond acceptors (Lipinski definition) is 11. The lowest BCUT2D eigenvalue weighted by Gasteiger charge is -2.19. The second kappa shape index (κ2) is 11.6. The molecule has 0 fully saturated rings. The molecule has 200 valence electrons. The maximum absolute atomic E-state index is 11.7. The van der Waals surface area contributed by atoms with E-state index in [0.29, 0.717) is 5.57 Å². The summed E-state index contributed by atoms with van der Waals surface area (Å²) >= 11 is 0. The molecule has 2 aromatic heterocycles. The number of aromatic nitrogens is 4. The van der Waals surface area contributed by atoms with Crippen LogP contribution in [-0.4, -0.2) is 78.4 Å². The zero-order valence-electron chi connectivity index (χ0n) is 17.1. The predicted molar refractivity (Wildman–Crippen MR) is 116 cm³/mol. The third-order valence-corrected chi connectivity index (χ3v) is 9.03. The first-order chi connectivity index (χ1) is 15.7. The third-order valence-electron chi connectivity index (χ3n) is 3.52. The van der Waals surface area contributed by atoms with Gasteiger partial charge in [0.1, 0.15) is 6.35 Å². The fourth-order valence-corrected chi connectivity index (χ4v) is 5.69. The van der Waals surface area contributed by atoms with Crippen molar-refractivity contribution in [1.29, 1.82) is 0 Å². The maximum Gasteiger partial charge on any atom is 0.477 e. The summed E-state index contributed by atoms with van der Waals surface area (Å²) in [6.07, 6.45) is 0.529. The normalized spacial score (nSPS) is 15.2. The summed E-state index contributed by atoms with van der Waals surface area (Å²) in [6.45, 7) is 3.12. The van der Waals surface area contributed by atoms with Crippen molar-refractivity contribution < 1.29 is 66.7 Å². The van der Waals surface area contributed by atoms with Crippen LogP contribution in [0.4, 0.5) is 5.95 Å². The molecule has 0 amide bonds. The van der Waals surface area contributed by atoms with Gasteiger partial charge in [-0.2, -0.15) is 9.29 Å². The van der Waals surface area contributed by atoms with Crippen LogP contribution in [0.1, 0.15) is 6.04 Å². The maximum atomic E-state index is 11.7. The number of phosphoric acid groups is 1. The number of nitrogens with one attached hydrogen (secondary N) is 1. The molecule has 2 aromatic rings. The van der Waals surface area contributed by atoms with Gasteiger partial charge in [0.15, 0.2) is 11.2 Å². The van der Waals surface area contributed by atoms with Crippen LogP contribution in [0.5, 0.6) is 0 Å². The molecule has 0 saturated heterocycles. The molecule has 24 heteroatoms. The molecule has 0 aliphatic heterocycles. The predicted octanol–water partition coefficient (Wildman–Crippen LogP) is -1.68. The van der Waals surface area contributed by atoms with Crippen molar-refractivity contribution in [3.8, 4) is 0 Å². The van der Waals surface area contributed by atoms with Gasteiger partial charge in [-0.1, -0.05) is 6.58 Å². The number of ether oxygens (including phenoxy) is 1. The fourth-order valence-electron chi connectivity index (χ4n) is 2.16. The van der Waals surface area contributed by atoms with Crippen LogP contribution < -0.4 is 11.3 Å². The number of hydrogen-bond donors (Lipinski definition) is 10. The highest BCUT2D eigenvalue weighted by Gasteiger charge is 2.47. The first kappa shape index (κ1) is 31.4. The SMILES string of the molecule is C=C(COCP(=O)(O)O)C(CO)n1cnc2c(=O)[nH]c(N)nc21.O=P(O)(O)OP(=O)(O)P(=O)(O)O. The summed E-state index contributed by atoms with van der Waals surface area (Å²) in [6, 6.07) is -0.745. The van der Waals surface area contributed by atoms with Gasteiger partial charge >= 0.3 is 30.0 Å². The van der Waals surface area contributed by atoms with E-state index in [0.717, 1.165) is 0 Å². The van der Waals surface area contributed by atoms with Crippen molar-refractivity contribution in [2.75, 3.05) is 25.3 Å². The number of imidazole rings is 1. The molecular formula is C11H21N5O15P4. The number of nitrogens with zero attached hydrogens (tertiary/aromatic N) is 3. The van der Waals surface area contributed by atoms with Gasteiger partial charge in [0.05, 0.1) is 25.6 Å². The van der Waals surface area contributed by atoms with Gasteiger partial charge in [-0.15, -0.1) is 0 Å². The Labute approximate surface area is 194 Å². The number of aromatic amines is 1. The van der Waals surface area contributed by atoms with Gasteiger partial charge in [0, 0.05) is 0 Å². The highest BCUT2D eigenvalue weighted by molar-refractivity contribution is 8.27. The highest BCUT2D eigenvalue weighted by Crippen LogP contribution is 2.79. The van der Waals surface area contributed by atoms with Crippen LogP contribution in [-0.2, 0) is 27.3 Å². The highest BCUT2D eigenvalue weighted by atomic mass is 32.1. The van der Waals surface area contributed by atoms with Crippen molar-refractivity contribution in [2.45, 2.75) is 6.04 Å². The number of rotatable bonds is 10. The molecule has 0 radical (unpaired) electrons. The Morgan fingerprint density at radius 2 is 1.71 bits per heavy atom. The van der Waals surface area contributed by atoms with Crippen molar-refractivity contribution in [3.63, 3.8) is 0 Å². The molecule has 0 aliphatic carbocycles. The molecule has 2 heterocycles. The minimum absolute atomic E-state index is 0.0431. The van der Waals surface area contributed by atoms with E-state index in [4.69, 9.17) is 44.7 Å². The molecule has 0 bridgehead atoms. The van der Waals surface area contributed by atoms with Gasteiger partial charge in [-0.05, 0) is 5.57 Å². The Balaban J connectivity index is 0.000000434. The van der Waals surface area contributed by atoms with E-state index in [9.17, 15) is 28.2 Å². The molecule has 20 nitrogen and oxygen atoms in total. The van der Waals surface area contributed by atoms with Crippen molar-refractivity contribution in [3.05, 3.63) is 28.8 Å². The number of fused-ring (bicyclic) bond motifs is 1. The molecule has 2 atom stereocenters. The summed E-state index contributed by atoms with van der Waals surface area (Å²) in [7, 11) is -20.8. The van der Waals surface area contributed by atoms with Gasteiger partial charge in [-0.25, -0.2) is 18.7 Å². The Bertz CT molecular complexity index is 1300. The summed E-state index contributed by atoms with van der Waals surface area (Å²) in [5, 5.41) is 9.56. The largest absolute Gasteiger partial charge is 0.477 e. The number of H-pyrrole nitrogens is 1. The van der Waals surface area contributed by atoms with Gasteiger partial charge < -0.3 is 54.4 Å². The van der Waals surface area contributed by atoms with Gasteiger partial charge in [0.2, 0.25) is 5.95 Å². The van der Waals surface area contributed by atoms with Crippen molar-refractivity contribution in [1.82, 2.24) is 19.5 Å². The molecule has 2 unspecified atom stereocenters. The topological polar surface area (TPSA) is 338 Å². The average molecular weight is 587 g/mol. The quantitative estimate of drug-likeness (QED) is 0.109. The zero-order valence-corrected chi connectivity index (χ0v) is 20.7. The molecule has 2 rings (SSSR count). The molecule has 0 spiro atoms. The minimum atomic E-state index is -5.59. The fraction of sp³-hybridized carbons (Fsp3) is 0.364. The van der Waals surface area contributed by atoms with E-state index in [-0.39, 0.29) is 23.7 Å². The minimum Gasteiger partial charge on any atom is -0.394 e. The average Bonchev–Trinajstić information content (AvgIpc) is 3.03. The van der Waals surface area contributed by atoms with Crippen LogP contribution in [0.15, 0.2) is 23.3 Å². The Kier molecular flexibility index (Phi) is 10.5. The summed E-state index contributed by atoms with van der Waals surface area (Å²) in [4.78, 5) is 79.6. The molecule has 0 saturated carbocycles. The Morgan fingerprint density at radius 1 is 1.14 bits per heavy atom. The van der Waals surface area contributed by atoms with Gasteiger partial charge in [-0.3, -0.25) is 14.3 Å². The Hall–Kier alpha value is -1.59. The summed E-state index contributed by atoms with van der Waals surface area (Å²) in [5.74, 6) is -0.107. The lowest BCUT2D eigenvalue weighted by molar-refractivity contribution is 0.163. The zero-order chi connectivity index (χ0) is 27.4. The number of aliphatic hydroxyl groups excluding tert-OH is 1. The second-order valence-corrected chi connectivity index (χ2v) is 14.7. The van der Waals surface area contributed by atoms with E-state index >= 15 is 0 Å². The molecule has 11 N–H and O–H groups in total. The molecule has 0 aromatic carbocycles. The number of aliphatic hydroxyl groups is 1. The molecule has 35 heavy (non-hydrogen) atoms. The van der Waals surface area contributed by atoms with Crippen LogP contribution in [0.25, 0.3) is 11.2 Å². The van der Waals surface area contributed by atoms with E-state index in [1.165, 1.54) is 10.9 Å². The lowest BCUT2D eigenvalue weighted by atomic mass is 10.1. The van der Waals surface area contributed by atoms with E-state index < -0.39 is 54.5 Å². The summed E-state index contributed by atoms with van der Waals surface area (Å²) in [5.41, 5.74) is 5.49. The van der Waals surface area contributed by atoms with Crippen LogP contribution in [0.2, 0.25) is 0 Å². The van der Waals surface area contributed by atoms with E-state index in [1.54, 1.807) is 0 Å². The first-order valence-corrected chi connectivity index (χ1v) is 15.7. The van der Waals surface area contributed by atoms with Crippen LogP contribution >= 0.6 is 30.0 Å². The van der Waals surface area contributed by atoms with Crippen LogP contribution in [0.3, 0.4) is 0 Å². The second-order valence-electron chi connectivity index (χ2n) is 6.35. The lowest BCUT2D eigenvalue weighted by Crippen LogP contribution is -2.19. The van der Waals surface area contributed by atoms with E-state index in [1.807, 2.05) is 0 Å². The van der Waals surface area contributed by atoms with Crippen molar-refractivity contribution in [2.24, 2.45) is 0 Å². The van der Waals surface area contributed by atoms with E-state index in [2.05, 4.69) is 25.8 Å². The van der Waals surface area contributed by atoms with Crippen molar-refractivity contribution >= 4 is 47.1 Å². The van der Waals surface area contributed by atoms with Gasteiger partial charge in [0.25, 0.3) is 5.56 Å². The molecular weight excluding hydrogens is 566 g/mol. The standard InChI is InChI=1S/C11H16N5O6P.H5O9P3/c1-6(3-22-5-23(19,20)21)7(2-17)16-4-13-8-9(16)14-11(12)15-10(8)18;1-10(2,3)9-12(7,8)11(4,5)6/h4,7,17H,1-3,5H2,(H2,19,20,21)(H3,12,14,15,18);(H,7,8)(H2,1,2,3)(H2,4,5,6). The molecule has 0 aliphatic rings. The van der Waals surface area contributed by atoms with Crippen LogP contribution in [0, 0.1) is 0 Å². The smallest absolute Gasteiger partial charge is 0.394 e. The summed E-state index contributed by atoms with van der Waals surface area (Å²) < 4.78 is 50.3. The number of anilines is 1. The monoisotopic (exact) mass is 587 g/mol.